The topological polar surface area (TPSA) is 87.3 Å². The zero-order chi connectivity index (χ0) is 19.2. The van der Waals surface area contributed by atoms with Gasteiger partial charge in [-0.2, -0.15) is 0 Å². The SMILES string of the molecule is CCNCCNC(=O)c1cc(S(=O)(=O)Nc2cccc(C)c2)ccc1C.Cl. The molecule has 0 spiro atoms. The fraction of sp³-hybridized carbons (Fsp3) is 0.316. The first-order chi connectivity index (χ1) is 12.3. The summed E-state index contributed by atoms with van der Waals surface area (Å²) in [5.41, 5.74) is 2.52. The highest BCUT2D eigenvalue weighted by molar-refractivity contribution is 7.92. The Labute approximate surface area is 167 Å². The molecule has 148 valence electrons. The van der Waals surface area contributed by atoms with Gasteiger partial charge in [0.25, 0.3) is 15.9 Å². The van der Waals surface area contributed by atoms with E-state index < -0.39 is 10.0 Å². The third kappa shape index (κ3) is 6.53. The van der Waals surface area contributed by atoms with Crippen LogP contribution in [-0.4, -0.2) is 34.0 Å². The number of anilines is 1. The Hall–Kier alpha value is -2.09. The van der Waals surface area contributed by atoms with Crippen LogP contribution in [0, 0.1) is 13.8 Å². The number of carbonyl (C=O) groups excluding carboxylic acids is 1. The number of benzene rings is 2. The van der Waals surface area contributed by atoms with Gasteiger partial charge in [-0.3, -0.25) is 9.52 Å². The van der Waals surface area contributed by atoms with Gasteiger partial charge in [-0.25, -0.2) is 8.42 Å². The second-order valence-electron chi connectivity index (χ2n) is 6.06. The molecular formula is C19H26ClN3O3S. The Bertz CT molecular complexity index is 886. The predicted octanol–water partition coefficient (Wildman–Crippen LogP) is 2.87. The van der Waals surface area contributed by atoms with E-state index in [0.717, 1.165) is 17.7 Å². The minimum absolute atomic E-state index is 0. The lowest BCUT2D eigenvalue weighted by atomic mass is 10.1. The second kappa shape index (κ2) is 10.3. The molecule has 6 nitrogen and oxygen atoms in total. The van der Waals surface area contributed by atoms with E-state index >= 15 is 0 Å². The van der Waals surface area contributed by atoms with Crippen molar-refractivity contribution < 1.29 is 13.2 Å². The first-order valence-corrected chi connectivity index (χ1v) is 10.0. The maximum Gasteiger partial charge on any atom is 0.261 e. The van der Waals surface area contributed by atoms with Crippen LogP contribution in [0.15, 0.2) is 47.4 Å². The summed E-state index contributed by atoms with van der Waals surface area (Å²) in [4.78, 5) is 12.4. The quantitative estimate of drug-likeness (QED) is 0.583. The highest BCUT2D eigenvalue weighted by atomic mass is 35.5. The molecule has 2 aromatic rings. The Morgan fingerprint density at radius 3 is 2.44 bits per heavy atom. The van der Waals surface area contributed by atoms with Gasteiger partial charge in [0.2, 0.25) is 0 Å². The van der Waals surface area contributed by atoms with Crippen LogP contribution in [0.5, 0.6) is 0 Å². The number of nitrogens with one attached hydrogen (secondary N) is 3. The Morgan fingerprint density at radius 1 is 1.04 bits per heavy atom. The zero-order valence-electron chi connectivity index (χ0n) is 15.7. The monoisotopic (exact) mass is 411 g/mol. The summed E-state index contributed by atoms with van der Waals surface area (Å²) in [5.74, 6) is -0.284. The van der Waals surface area contributed by atoms with E-state index in [4.69, 9.17) is 0 Å². The Morgan fingerprint density at radius 2 is 1.78 bits per heavy atom. The normalized spacial score (nSPS) is 10.8. The lowest BCUT2D eigenvalue weighted by Gasteiger charge is -2.12. The number of carbonyl (C=O) groups is 1. The highest BCUT2D eigenvalue weighted by Gasteiger charge is 2.18. The summed E-state index contributed by atoms with van der Waals surface area (Å²) >= 11 is 0. The molecule has 2 aromatic carbocycles. The number of likely N-dealkylation sites (N-methyl/N-ethyl adjacent to an activating group) is 1. The van der Waals surface area contributed by atoms with Gasteiger partial charge in [-0.05, 0) is 55.8 Å². The van der Waals surface area contributed by atoms with E-state index in [2.05, 4.69) is 15.4 Å². The molecule has 0 aliphatic carbocycles. The second-order valence-corrected chi connectivity index (χ2v) is 7.74. The maximum atomic E-state index is 12.6. The molecule has 27 heavy (non-hydrogen) atoms. The fourth-order valence-corrected chi connectivity index (χ4v) is 3.55. The van der Waals surface area contributed by atoms with Crippen LogP contribution in [0.1, 0.15) is 28.4 Å². The van der Waals surface area contributed by atoms with Crippen molar-refractivity contribution >= 4 is 34.0 Å². The molecule has 0 radical (unpaired) electrons. The average Bonchev–Trinajstić information content (AvgIpc) is 2.58. The number of hydrogen-bond acceptors (Lipinski definition) is 4. The lowest BCUT2D eigenvalue weighted by molar-refractivity contribution is 0.0953. The average molecular weight is 412 g/mol. The maximum absolute atomic E-state index is 12.6. The number of hydrogen-bond donors (Lipinski definition) is 3. The van der Waals surface area contributed by atoms with Crippen molar-refractivity contribution in [3.8, 4) is 0 Å². The largest absolute Gasteiger partial charge is 0.351 e. The van der Waals surface area contributed by atoms with Gasteiger partial charge in [0, 0.05) is 24.3 Å². The molecule has 2 rings (SSSR count). The summed E-state index contributed by atoms with van der Waals surface area (Å²) in [6.07, 6.45) is 0. The van der Waals surface area contributed by atoms with Gasteiger partial charge < -0.3 is 10.6 Å². The minimum Gasteiger partial charge on any atom is -0.351 e. The van der Waals surface area contributed by atoms with E-state index in [1.54, 1.807) is 31.2 Å². The molecule has 0 saturated heterocycles. The first kappa shape index (κ1) is 23.0. The molecule has 0 aromatic heterocycles. The Kier molecular flexibility index (Phi) is 8.75. The molecule has 3 N–H and O–H groups in total. The zero-order valence-corrected chi connectivity index (χ0v) is 17.3. The minimum atomic E-state index is -3.77. The smallest absolute Gasteiger partial charge is 0.261 e. The number of aryl methyl sites for hydroxylation is 2. The van der Waals surface area contributed by atoms with Crippen LogP contribution in [0.25, 0.3) is 0 Å². The molecule has 8 heteroatoms. The molecule has 0 aliphatic heterocycles. The van der Waals surface area contributed by atoms with Gasteiger partial charge in [-0.1, -0.05) is 25.1 Å². The van der Waals surface area contributed by atoms with Gasteiger partial charge in [-0.15, -0.1) is 12.4 Å². The number of rotatable bonds is 8. The molecule has 1 amide bonds. The molecule has 0 bridgehead atoms. The van der Waals surface area contributed by atoms with Crippen molar-refractivity contribution in [1.82, 2.24) is 10.6 Å². The van der Waals surface area contributed by atoms with E-state index in [1.165, 1.54) is 12.1 Å². The van der Waals surface area contributed by atoms with Crippen LogP contribution >= 0.6 is 12.4 Å². The number of sulfonamides is 1. The van der Waals surface area contributed by atoms with Crippen LogP contribution in [0.3, 0.4) is 0 Å². The van der Waals surface area contributed by atoms with Gasteiger partial charge in [0.05, 0.1) is 4.90 Å². The highest BCUT2D eigenvalue weighted by Crippen LogP contribution is 2.20. The predicted molar refractivity (Wildman–Crippen MR) is 111 cm³/mol. The Balaban J connectivity index is 0.00000364. The molecule has 0 atom stereocenters. The van der Waals surface area contributed by atoms with Crippen molar-refractivity contribution in [2.24, 2.45) is 0 Å². The van der Waals surface area contributed by atoms with Crippen LogP contribution in [0.4, 0.5) is 5.69 Å². The van der Waals surface area contributed by atoms with Crippen LogP contribution in [-0.2, 0) is 10.0 Å². The van der Waals surface area contributed by atoms with E-state index in [0.29, 0.717) is 24.3 Å². The summed E-state index contributed by atoms with van der Waals surface area (Å²) in [6, 6.07) is 11.7. The summed E-state index contributed by atoms with van der Waals surface area (Å²) in [6.45, 7) is 7.62. The molecule has 0 fully saturated rings. The summed E-state index contributed by atoms with van der Waals surface area (Å²) in [5, 5.41) is 5.91. The van der Waals surface area contributed by atoms with E-state index in [-0.39, 0.29) is 23.2 Å². The molecule has 0 unspecified atom stereocenters. The van der Waals surface area contributed by atoms with Gasteiger partial charge >= 0.3 is 0 Å². The molecule has 0 heterocycles. The van der Waals surface area contributed by atoms with E-state index in [1.807, 2.05) is 19.9 Å². The van der Waals surface area contributed by atoms with Crippen molar-refractivity contribution in [2.75, 3.05) is 24.4 Å². The molecule has 0 aliphatic rings. The van der Waals surface area contributed by atoms with Crippen molar-refractivity contribution in [3.63, 3.8) is 0 Å². The third-order valence-corrected chi connectivity index (χ3v) is 5.25. The fourth-order valence-electron chi connectivity index (χ4n) is 2.47. The lowest BCUT2D eigenvalue weighted by Crippen LogP contribution is -2.32. The third-order valence-electron chi connectivity index (χ3n) is 3.87. The summed E-state index contributed by atoms with van der Waals surface area (Å²) in [7, 11) is -3.77. The summed E-state index contributed by atoms with van der Waals surface area (Å²) < 4.78 is 27.8. The number of halogens is 1. The van der Waals surface area contributed by atoms with Crippen molar-refractivity contribution in [2.45, 2.75) is 25.7 Å². The molecule has 0 saturated carbocycles. The molecular weight excluding hydrogens is 386 g/mol. The standard InChI is InChI=1S/C19H25N3O3S.ClH/c1-4-20-10-11-21-19(23)18-13-17(9-8-15(18)3)26(24,25)22-16-7-5-6-14(2)12-16;/h5-9,12-13,20,22H,4,10-11H2,1-3H3,(H,21,23);1H. The van der Waals surface area contributed by atoms with E-state index in [9.17, 15) is 13.2 Å². The first-order valence-electron chi connectivity index (χ1n) is 8.52. The van der Waals surface area contributed by atoms with Crippen molar-refractivity contribution in [3.05, 3.63) is 59.2 Å². The van der Waals surface area contributed by atoms with Gasteiger partial charge in [0.1, 0.15) is 0 Å². The van der Waals surface area contributed by atoms with Gasteiger partial charge in [0.15, 0.2) is 0 Å². The van der Waals surface area contributed by atoms with Crippen molar-refractivity contribution in [1.29, 1.82) is 0 Å². The number of amides is 1. The van der Waals surface area contributed by atoms with Crippen LogP contribution in [0.2, 0.25) is 0 Å². The van der Waals surface area contributed by atoms with Crippen LogP contribution < -0.4 is 15.4 Å².